The van der Waals surface area contributed by atoms with E-state index in [-0.39, 0.29) is 12.4 Å². The lowest BCUT2D eigenvalue weighted by molar-refractivity contribution is -0.145. The highest BCUT2D eigenvalue weighted by Gasteiger charge is 2.41. The molecule has 1 N–H and O–H groups in total. The fraction of sp³-hybridized carbons (Fsp3) is 1.00. The van der Waals surface area contributed by atoms with Crippen molar-refractivity contribution in [3.63, 3.8) is 0 Å². The second kappa shape index (κ2) is 17.9. The molecular weight excluding hydrogens is 264 g/mol. The summed E-state index contributed by atoms with van der Waals surface area (Å²) in [5.41, 5.74) is 0. The van der Waals surface area contributed by atoms with E-state index in [0.29, 0.717) is 12.2 Å². The predicted molar refractivity (Wildman–Crippen MR) is 93.7 cm³/mol. The van der Waals surface area contributed by atoms with Crippen LogP contribution in [-0.2, 0) is 9.47 Å². The molecule has 2 fully saturated rings. The van der Waals surface area contributed by atoms with Gasteiger partial charge in [-0.25, -0.2) is 0 Å². The van der Waals surface area contributed by atoms with Crippen LogP contribution >= 0.6 is 0 Å². The van der Waals surface area contributed by atoms with E-state index in [1.54, 1.807) is 6.92 Å². The zero-order chi connectivity index (χ0) is 17.3. The van der Waals surface area contributed by atoms with Crippen LogP contribution < -0.4 is 0 Å². The van der Waals surface area contributed by atoms with Crippen molar-refractivity contribution in [1.29, 1.82) is 0 Å². The number of hydrogen-bond acceptors (Lipinski definition) is 3. The average molecular weight is 307 g/mol. The Bertz CT molecular complexity index is 163. The molecule has 2 aliphatic rings. The monoisotopic (exact) mass is 306 g/mol. The molecule has 0 aromatic heterocycles. The molecule has 0 aromatic rings. The Morgan fingerprint density at radius 3 is 1.33 bits per heavy atom. The van der Waals surface area contributed by atoms with E-state index < -0.39 is 0 Å². The number of ether oxygens (including phenoxy) is 2. The van der Waals surface area contributed by atoms with Crippen molar-refractivity contribution in [2.45, 2.75) is 112 Å². The van der Waals surface area contributed by atoms with Crippen LogP contribution in [0.15, 0.2) is 0 Å². The van der Waals surface area contributed by atoms with Crippen LogP contribution in [0.3, 0.4) is 0 Å². The summed E-state index contributed by atoms with van der Waals surface area (Å²) in [7, 11) is 0. The molecule has 21 heavy (non-hydrogen) atoms. The maximum Gasteiger partial charge on any atom is 0.163 e. The molecule has 0 aromatic carbocycles. The number of fused-ring (bicyclic) bond motifs is 1. The Kier molecular flexibility index (Phi) is 22.0. The minimum atomic E-state index is -0.320. The normalized spacial score (nSPS) is 24.3. The summed E-state index contributed by atoms with van der Waals surface area (Å²) in [5.74, 6) is -0.320. The lowest BCUT2D eigenvalue weighted by atomic mass is 9.95. The lowest BCUT2D eigenvalue weighted by Gasteiger charge is -2.21. The molecule has 2 unspecified atom stereocenters. The van der Waals surface area contributed by atoms with Crippen molar-refractivity contribution >= 4 is 0 Å². The maximum absolute atomic E-state index is 7.57. The first-order valence-electron chi connectivity index (χ1n) is 8.97. The molecule has 3 heteroatoms. The molecule has 1 saturated heterocycles. The highest BCUT2D eigenvalue weighted by molar-refractivity contribution is 4.84. The largest absolute Gasteiger partial charge is 0.397 e. The summed E-state index contributed by atoms with van der Waals surface area (Å²) in [6.07, 6.45) is 7.01. The van der Waals surface area contributed by atoms with Gasteiger partial charge in [0.15, 0.2) is 5.79 Å². The van der Waals surface area contributed by atoms with Crippen LogP contribution in [-0.4, -0.2) is 29.7 Å². The molecule has 1 aliphatic heterocycles. The Labute approximate surface area is 134 Å². The molecule has 132 valence electrons. The van der Waals surface area contributed by atoms with Crippen LogP contribution in [0, 0.1) is 0 Å². The van der Waals surface area contributed by atoms with Gasteiger partial charge in [0.05, 0.1) is 12.2 Å². The van der Waals surface area contributed by atoms with Gasteiger partial charge in [-0.2, -0.15) is 0 Å². The Morgan fingerprint density at radius 1 is 0.857 bits per heavy atom. The van der Waals surface area contributed by atoms with Crippen LogP contribution in [0.1, 0.15) is 94.4 Å². The van der Waals surface area contributed by atoms with Gasteiger partial charge in [0.1, 0.15) is 0 Å². The molecule has 1 aliphatic carbocycles. The molecule has 3 nitrogen and oxygen atoms in total. The average Bonchev–Trinajstić information content (AvgIpc) is 2.78. The second-order valence-corrected chi connectivity index (χ2v) is 5.02. The number of aliphatic hydroxyl groups is 1. The standard InChI is InChI=1S/C9H16O2.C3H8.C2H6O.2C2H6/c1-9(2)10-7-5-3-4-6-8(7)11-9;1-3-2;1-2-3;2*1-2/h7-8H,3-6H2,1-2H3;3H2,1-2H3;3H,2H2,1H3;2*1-2H3. The number of aliphatic hydroxyl groups excluding tert-OH is 1. The molecule has 1 heterocycles. The van der Waals surface area contributed by atoms with Gasteiger partial charge in [-0.15, -0.1) is 0 Å². The first kappa shape index (κ1) is 25.8. The SMILES string of the molecule is CC.CC.CC1(C)OC2CCCCC2O1.CCC.CCO. The van der Waals surface area contributed by atoms with Gasteiger partial charge >= 0.3 is 0 Å². The van der Waals surface area contributed by atoms with E-state index in [0.717, 1.165) is 0 Å². The van der Waals surface area contributed by atoms with Crippen molar-refractivity contribution in [2.24, 2.45) is 0 Å². The van der Waals surface area contributed by atoms with E-state index in [2.05, 4.69) is 13.8 Å². The maximum atomic E-state index is 7.57. The van der Waals surface area contributed by atoms with Crippen molar-refractivity contribution < 1.29 is 14.6 Å². The van der Waals surface area contributed by atoms with Crippen molar-refractivity contribution in [3.8, 4) is 0 Å². The van der Waals surface area contributed by atoms with Crippen molar-refractivity contribution in [1.82, 2.24) is 0 Å². The minimum Gasteiger partial charge on any atom is -0.397 e. The molecule has 0 radical (unpaired) electrons. The molecule has 1 saturated carbocycles. The van der Waals surface area contributed by atoms with Gasteiger partial charge in [0, 0.05) is 6.61 Å². The Balaban J connectivity index is -0.000000275. The Hall–Kier alpha value is -0.120. The van der Waals surface area contributed by atoms with Crippen molar-refractivity contribution in [3.05, 3.63) is 0 Å². The highest BCUT2D eigenvalue weighted by atomic mass is 16.7. The van der Waals surface area contributed by atoms with E-state index in [1.165, 1.54) is 32.1 Å². The minimum absolute atomic E-state index is 0.250. The lowest BCUT2D eigenvalue weighted by Crippen LogP contribution is -2.25. The quantitative estimate of drug-likeness (QED) is 0.638. The van der Waals surface area contributed by atoms with E-state index in [9.17, 15) is 0 Å². The van der Waals surface area contributed by atoms with Gasteiger partial charge in [-0.05, 0) is 33.6 Å². The molecule has 0 amide bonds. The summed E-state index contributed by atoms with van der Waals surface area (Å²) in [6, 6.07) is 0. The van der Waals surface area contributed by atoms with E-state index >= 15 is 0 Å². The topological polar surface area (TPSA) is 38.7 Å². The van der Waals surface area contributed by atoms with Crippen LogP contribution in [0.5, 0.6) is 0 Å². The summed E-state index contributed by atoms with van der Waals surface area (Å²) in [5, 5.41) is 7.57. The first-order chi connectivity index (χ1) is 10.0. The fourth-order valence-electron chi connectivity index (χ4n) is 2.09. The van der Waals surface area contributed by atoms with E-state index in [4.69, 9.17) is 14.6 Å². The molecule has 0 bridgehead atoms. The number of rotatable bonds is 0. The predicted octanol–water partition coefficient (Wildman–Crippen LogP) is 5.55. The van der Waals surface area contributed by atoms with Gasteiger partial charge in [0.2, 0.25) is 0 Å². The highest BCUT2D eigenvalue weighted by Crippen LogP contribution is 2.36. The third kappa shape index (κ3) is 14.6. The third-order valence-electron chi connectivity index (χ3n) is 2.51. The van der Waals surface area contributed by atoms with Crippen molar-refractivity contribution in [2.75, 3.05) is 6.61 Å². The van der Waals surface area contributed by atoms with Gasteiger partial charge in [-0.3, -0.25) is 0 Å². The summed E-state index contributed by atoms with van der Waals surface area (Å²) in [4.78, 5) is 0. The third-order valence-corrected chi connectivity index (χ3v) is 2.51. The summed E-state index contributed by atoms with van der Waals surface area (Å²) < 4.78 is 11.5. The second-order valence-electron chi connectivity index (χ2n) is 5.02. The first-order valence-corrected chi connectivity index (χ1v) is 8.97. The fourth-order valence-corrected chi connectivity index (χ4v) is 2.09. The summed E-state index contributed by atoms with van der Waals surface area (Å²) in [6.45, 7) is 18.2. The molecule has 2 atom stereocenters. The Morgan fingerprint density at radius 2 is 1.10 bits per heavy atom. The smallest absolute Gasteiger partial charge is 0.163 e. The van der Waals surface area contributed by atoms with Crippen LogP contribution in [0.25, 0.3) is 0 Å². The van der Waals surface area contributed by atoms with E-state index in [1.807, 2.05) is 41.5 Å². The summed E-state index contributed by atoms with van der Waals surface area (Å²) >= 11 is 0. The zero-order valence-electron chi connectivity index (χ0n) is 16.2. The van der Waals surface area contributed by atoms with Crippen LogP contribution in [0.2, 0.25) is 0 Å². The molecular formula is C18H42O3. The number of hydrogen-bond donors (Lipinski definition) is 1. The molecule has 2 rings (SSSR count). The van der Waals surface area contributed by atoms with Gasteiger partial charge < -0.3 is 14.6 Å². The zero-order valence-corrected chi connectivity index (χ0v) is 16.2. The molecule has 0 spiro atoms. The van der Waals surface area contributed by atoms with Gasteiger partial charge in [-0.1, -0.05) is 60.8 Å². The van der Waals surface area contributed by atoms with Crippen LogP contribution in [0.4, 0.5) is 0 Å². The van der Waals surface area contributed by atoms with Gasteiger partial charge in [0.25, 0.3) is 0 Å².